The third-order valence-electron chi connectivity index (χ3n) is 6.99. The molecule has 1 N–H and O–H groups in total. The Balaban J connectivity index is 1.35. The Bertz CT molecular complexity index is 1030. The third kappa shape index (κ3) is 5.80. The molecule has 3 heterocycles. The van der Waals surface area contributed by atoms with Gasteiger partial charge in [-0.3, -0.25) is 9.59 Å². The van der Waals surface area contributed by atoms with E-state index in [0.29, 0.717) is 57.4 Å². The number of sulfonamides is 1. The summed E-state index contributed by atoms with van der Waals surface area (Å²) in [6.45, 7) is 1.53. The molecule has 12 heteroatoms. The minimum atomic E-state index is -4.43. The van der Waals surface area contributed by atoms with Crippen molar-refractivity contribution in [3.8, 4) is 0 Å². The predicted octanol–water partition coefficient (Wildman–Crippen LogP) is 2.14. The number of hydrogen-bond acceptors (Lipinski definition) is 5. The van der Waals surface area contributed by atoms with Crippen molar-refractivity contribution >= 4 is 21.8 Å². The molecule has 2 amide bonds. The number of amides is 2. The monoisotopic (exact) mass is 517 g/mol. The zero-order chi connectivity index (χ0) is 25.2. The number of carbonyl (C=O) groups excluding carboxylic acids is 2. The highest BCUT2D eigenvalue weighted by molar-refractivity contribution is 7.89. The van der Waals surface area contributed by atoms with Crippen molar-refractivity contribution in [1.29, 1.82) is 0 Å². The normalized spacial score (nSPS) is 26.1. The largest absolute Gasteiger partial charge is 0.416 e. The van der Waals surface area contributed by atoms with E-state index in [-0.39, 0.29) is 31.5 Å². The zero-order valence-corrected chi connectivity index (χ0v) is 20.1. The lowest BCUT2D eigenvalue weighted by Gasteiger charge is -2.35. The third-order valence-corrected chi connectivity index (χ3v) is 9.25. The summed E-state index contributed by atoms with van der Waals surface area (Å²) in [5.41, 5.74) is -0.240. The van der Waals surface area contributed by atoms with Crippen LogP contribution in [0.2, 0.25) is 0 Å². The molecule has 0 aliphatic carbocycles. The van der Waals surface area contributed by atoms with E-state index in [9.17, 15) is 31.2 Å². The van der Waals surface area contributed by atoms with Gasteiger partial charge in [0.2, 0.25) is 21.8 Å². The molecule has 0 aromatic heterocycles. The lowest BCUT2D eigenvalue weighted by molar-refractivity contribution is -0.142. The van der Waals surface area contributed by atoms with Crippen molar-refractivity contribution in [2.24, 2.45) is 5.92 Å². The lowest BCUT2D eigenvalue weighted by atomic mass is 9.97. The van der Waals surface area contributed by atoms with E-state index >= 15 is 0 Å². The van der Waals surface area contributed by atoms with Crippen molar-refractivity contribution in [2.45, 2.75) is 56.1 Å². The maximum atomic E-state index is 13.3. The second-order valence-corrected chi connectivity index (χ2v) is 11.5. The second-order valence-electron chi connectivity index (χ2n) is 9.33. The molecule has 0 bridgehead atoms. The molecule has 3 aliphatic heterocycles. The lowest BCUT2D eigenvalue weighted by Crippen LogP contribution is -2.52. The van der Waals surface area contributed by atoms with Crippen molar-refractivity contribution in [2.75, 3.05) is 32.8 Å². The van der Waals surface area contributed by atoms with Crippen LogP contribution in [-0.4, -0.2) is 73.6 Å². The van der Waals surface area contributed by atoms with Gasteiger partial charge in [-0.05, 0) is 49.8 Å². The molecule has 35 heavy (non-hydrogen) atoms. The van der Waals surface area contributed by atoms with Gasteiger partial charge in [0.1, 0.15) is 11.3 Å². The van der Waals surface area contributed by atoms with E-state index in [4.69, 9.17) is 4.74 Å². The van der Waals surface area contributed by atoms with Crippen LogP contribution in [0.15, 0.2) is 24.3 Å². The molecule has 4 rings (SSSR count). The standard InChI is InChI=1S/C23H30F3N3O5S/c24-23(25,26)18-7-5-16(6-8-18)13-27-21(30)20-4-2-11-29(20)22(31)17-3-1-10-28(14-17)35(32,33)19-9-12-34-15-19/h5-8,17,19-20H,1-4,9-15H2,(H,27,30)/t17-,19+,20+/m0/s1. The summed E-state index contributed by atoms with van der Waals surface area (Å²) in [6, 6.07) is 3.88. The minimum absolute atomic E-state index is 0.0500. The number of alkyl halides is 3. The number of carbonyl (C=O) groups is 2. The fraction of sp³-hybridized carbons (Fsp3) is 0.652. The van der Waals surface area contributed by atoms with E-state index < -0.39 is 39.0 Å². The first-order valence-electron chi connectivity index (χ1n) is 11.9. The van der Waals surface area contributed by atoms with Gasteiger partial charge in [-0.2, -0.15) is 13.2 Å². The summed E-state index contributed by atoms with van der Waals surface area (Å²) in [6.07, 6.45) is -1.71. The number of piperidine rings is 1. The van der Waals surface area contributed by atoms with E-state index in [2.05, 4.69) is 5.32 Å². The molecule has 1 aromatic rings. The molecule has 0 saturated carbocycles. The molecule has 3 aliphatic rings. The van der Waals surface area contributed by atoms with E-state index in [1.54, 1.807) is 0 Å². The number of halogens is 3. The van der Waals surface area contributed by atoms with Crippen molar-refractivity contribution in [3.63, 3.8) is 0 Å². The molecule has 3 fully saturated rings. The van der Waals surface area contributed by atoms with Crippen LogP contribution in [0.3, 0.4) is 0 Å². The van der Waals surface area contributed by atoms with Crippen LogP contribution in [0.5, 0.6) is 0 Å². The second kappa shape index (κ2) is 10.4. The van der Waals surface area contributed by atoms with Gasteiger partial charge >= 0.3 is 6.18 Å². The van der Waals surface area contributed by atoms with Crippen LogP contribution in [0.25, 0.3) is 0 Å². The van der Waals surface area contributed by atoms with Gasteiger partial charge < -0.3 is 15.0 Å². The molecule has 8 nitrogen and oxygen atoms in total. The van der Waals surface area contributed by atoms with Crippen LogP contribution in [0.4, 0.5) is 13.2 Å². The van der Waals surface area contributed by atoms with Crippen LogP contribution in [0.1, 0.15) is 43.2 Å². The number of likely N-dealkylation sites (tertiary alicyclic amines) is 1. The highest BCUT2D eigenvalue weighted by atomic mass is 32.2. The van der Waals surface area contributed by atoms with E-state index in [0.717, 1.165) is 12.1 Å². The smallest absolute Gasteiger partial charge is 0.380 e. The summed E-state index contributed by atoms with van der Waals surface area (Å²) in [5.74, 6) is -1.09. The highest BCUT2D eigenvalue weighted by Crippen LogP contribution is 2.30. The van der Waals surface area contributed by atoms with Gasteiger partial charge in [0, 0.05) is 32.8 Å². The Morgan fingerprint density at radius 3 is 2.43 bits per heavy atom. The Morgan fingerprint density at radius 2 is 1.77 bits per heavy atom. The molecule has 1 aromatic carbocycles. The quantitative estimate of drug-likeness (QED) is 0.624. The number of nitrogens with one attached hydrogen (secondary N) is 1. The van der Waals surface area contributed by atoms with Crippen molar-refractivity contribution in [1.82, 2.24) is 14.5 Å². The molecular weight excluding hydrogens is 487 g/mol. The molecule has 0 unspecified atom stereocenters. The minimum Gasteiger partial charge on any atom is -0.380 e. The van der Waals surface area contributed by atoms with Crippen LogP contribution in [-0.2, 0) is 37.1 Å². The fourth-order valence-corrected chi connectivity index (χ4v) is 6.85. The summed E-state index contributed by atoms with van der Waals surface area (Å²) >= 11 is 0. The average molecular weight is 518 g/mol. The van der Waals surface area contributed by atoms with E-state index in [1.807, 2.05) is 0 Å². The number of rotatable bonds is 6. The van der Waals surface area contributed by atoms with Gasteiger partial charge in [0.25, 0.3) is 0 Å². The Hall–Kier alpha value is -2.18. The maximum Gasteiger partial charge on any atom is 0.416 e. The first-order chi connectivity index (χ1) is 16.6. The molecule has 0 radical (unpaired) electrons. The summed E-state index contributed by atoms with van der Waals surface area (Å²) < 4.78 is 70.7. The number of nitrogens with zero attached hydrogens (tertiary/aromatic N) is 2. The SMILES string of the molecule is O=C(NCc1ccc(C(F)(F)F)cc1)[C@H]1CCCN1C(=O)[C@H]1CCCN(S(=O)(=O)[C@@H]2CCOC2)C1. The number of hydrogen-bond donors (Lipinski definition) is 1. The van der Waals surface area contributed by atoms with Crippen LogP contribution < -0.4 is 5.32 Å². The van der Waals surface area contributed by atoms with Crippen LogP contribution >= 0.6 is 0 Å². The summed E-state index contributed by atoms with van der Waals surface area (Å²) in [7, 11) is -3.55. The Labute approximate surface area is 202 Å². The Morgan fingerprint density at radius 1 is 1.06 bits per heavy atom. The molecule has 3 saturated heterocycles. The van der Waals surface area contributed by atoms with Gasteiger partial charge in [0.05, 0.1) is 18.1 Å². The van der Waals surface area contributed by atoms with Gasteiger partial charge in [-0.15, -0.1) is 0 Å². The Kier molecular flexibility index (Phi) is 7.72. The molecule has 194 valence electrons. The topological polar surface area (TPSA) is 96.0 Å². The zero-order valence-electron chi connectivity index (χ0n) is 19.3. The van der Waals surface area contributed by atoms with Gasteiger partial charge in [0.15, 0.2) is 0 Å². The first kappa shape index (κ1) is 25.9. The number of benzene rings is 1. The van der Waals surface area contributed by atoms with Crippen molar-refractivity contribution in [3.05, 3.63) is 35.4 Å². The van der Waals surface area contributed by atoms with E-state index in [1.165, 1.54) is 21.3 Å². The fourth-order valence-electron chi connectivity index (χ4n) is 4.99. The molecular formula is C23H30F3N3O5S. The average Bonchev–Trinajstić information content (AvgIpc) is 3.55. The molecule has 3 atom stereocenters. The van der Waals surface area contributed by atoms with Gasteiger partial charge in [-0.1, -0.05) is 12.1 Å². The summed E-state index contributed by atoms with van der Waals surface area (Å²) in [4.78, 5) is 27.7. The van der Waals surface area contributed by atoms with Crippen LogP contribution in [0, 0.1) is 5.92 Å². The number of ether oxygens (including phenoxy) is 1. The highest BCUT2D eigenvalue weighted by Gasteiger charge is 2.42. The maximum absolute atomic E-state index is 13.3. The van der Waals surface area contributed by atoms with Crippen molar-refractivity contribution < 1.29 is 35.9 Å². The predicted molar refractivity (Wildman–Crippen MR) is 120 cm³/mol. The first-order valence-corrected chi connectivity index (χ1v) is 13.4. The van der Waals surface area contributed by atoms with Gasteiger partial charge in [-0.25, -0.2) is 12.7 Å². The summed E-state index contributed by atoms with van der Waals surface area (Å²) in [5, 5.41) is 2.15. The molecule has 0 spiro atoms.